The van der Waals surface area contributed by atoms with Gasteiger partial charge in [0.2, 0.25) is 21.8 Å². The molecular formula is C24H30Cl3N3O4S. The molecule has 2 aromatic rings. The number of sulfonamides is 1. The van der Waals surface area contributed by atoms with E-state index in [9.17, 15) is 18.0 Å². The number of benzene rings is 2. The number of nitrogens with one attached hydrogen (secondary N) is 1. The number of hydrogen-bond donors (Lipinski definition) is 1. The van der Waals surface area contributed by atoms with Crippen LogP contribution in [0.1, 0.15) is 39.2 Å². The lowest BCUT2D eigenvalue weighted by Crippen LogP contribution is -2.53. The lowest BCUT2D eigenvalue weighted by Gasteiger charge is -2.33. The summed E-state index contributed by atoms with van der Waals surface area (Å²) in [4.78, 5) is 28.1. The number of anilines is 1. The van der Waals surface area contributed by atoms with Crippen LogP contribution in [0.15, 0.2) is 42.5 Å². The Morgan fingerprint density at radius 2 is 1.60 bits per heavy atom. The number of nitrogens with zero attached hydrogens (tertiary/aromatic N) is 2. The highest BCUT2D eigenvalue weighted by Gasteiger charge is 2.32. The van der Waals surface area contributed by atoms with Crippen molar-refractivity contribution in [3.8, 4) is 0 Å². The van der Waals surface area contributed by atoms with Crippen molar-refractivity contribution in [1.82, 2.24) is 10.2 Å². The number of carbonyl (C=O) groups excluding carboxylic acids is 2. The second kappa shape index (κ2) is 12.8. The second-order valence-electron chi connectivity index (χ2n) is 8.25. The Bertz CT molecular complexity index is 1140. The van der Waals surface area contributed by atoms with E-state index in [0.717, 1.165) is 17.0 Å². The van der Waals surface area contributed by atoms with Crippen molar-refractivity contribution in [1.29, 1.82) is 0 Å². The molecule has 0 saturated carbocycles. The van der Waals surface area contributed by atoms with E-state index >= 15 is 0 Å². The summed E-state index contributed by atoms with van der Waals surface area (Å²) < 4.78 is 26.2. The highest BCUT2D eigenvalue weighted by atomic mass is 35.5. The molecule has 7 nitrogen and oxygen atoms in total. The normalized spacial score (nSPS) is 13.1. The van der Waals surface area contributed by atoms with E-state index in [1.54, 1.807) is 31.2 Å². The molecule has 0 aliphatic rings. The average Bonchev–Trinajstić information content (AvgIpc) is 2.76. The molecule has 0 radical (unpaired) electrons. The van der Waals surface area contributed by atoms with E-state index in [2.05, 4.69) is 5.32 Å². The average molecular weight is 563 g/mol. The number of amides is 2. The minimum atomic E-state index is -3.89. The third-order valence-corrected chi connectivity index (χ3v) is 7.45. The van der Waals surface area contributed by atoms with Crippen LogP contribution in [-0.2, 0) is 26.2 Å². The third-order valence-electron chi connectivity index (χ3n) is 5.50. The summed E-state index contributed by atoms with van der Waals surface area (Å²) in [6, 6.07) is 10.3. The lowest BCUT2D eigenvalue weighted by molar-refractivity contribution is -0.140. The molecule has 192 valence electrons. The summed E-state index contributed by atoms with van der Waals surface area (Å²) in [6.45, 7) is 5.09. The summed E-state index contributed by atoms with van der Waals surface area (Å²) in [6.07, 6.45) is 2.03. The fourth-order valence-electron chi connectivity index (χ4n) is 3.47. The minimum absolute atomic E-state index is 0.0266. The van der Waals surface area contributed by atoms with Gasteiger partial charge in [-0.05, 0) is 49.6 Å². The Hall–Kier alpha value is -2.00. The van der Waals surface area contributed by atoms with E-state index < -0.39 is 28.5 Å². The molecule has 2 aromatic carbocycles. The largest absolute Gasteiger partial charge is 0.352 e. The molecule has 2 amide bonds. The minimum Gasteiger partial charge on any atom is -0.352 e. The summed E-state index contributed by atoms with van der Waals surface area (Å²) in [5.74, 6) is -0.892. The molecule has 2 unspecified atom stereocenters. The number of rotatable bonds is 11. The maximum Gasteiger partial charge on any atom is 0.244 e. The van der Waals surface area contributed by atoms with Crippen LogP contribution in [0.5, 0.6) is 0 Å². The van der Waals surface area contributed by atoms with Crippen LogP contribution in [0.25, 0.3) is 0 Å². The van der Waals surface area contributed by atoms with Gasteiger partial charge in [0.1, 0.15) is 12.6 Å². The molecule has 0 fully saturated rings. The zero-order valence-corrected chi connectivity index (χ0v) is 23.2. The van der Waals surface area contributed by atoms with E-state index in [1.807, 2.05) is 13.8 Å². The van der Waals surface area contributed by atoms with Crippen LogP contribution in [0.2, 0.25) is 15.1 Å². The van der Waals surface area contributed by atoms with Crippen molar-refractivity contribution in [2.45, 2.75) is 52.2 Å². The topological polar surface area (TPSA) is 86.8 Å². The van der Waals surface area contributed by atoms with Crippen molar-refractivity contribution in [3.05, 3.63) is 63.1 Å². The van der Waals surface area contributed by atoms with Crippen molar-refractivity contribution in [3.63, 3.8) is 0 Å². The summed E-state index contributed by atoms with van der Waals surface area (Å²) >= 11 is 18.5. The van der Waals surface area contributed by atoms with E-state index in [1.165, 1.54) is 23.1 Å². The van der Waals surface area contributed by atoms with Crippen LogP contribution in [-0.4, -0.2) is 50.0 Å². The summed E-state index contributed by atoms with van der Waals surface area (Å²) in [5, 5.41) is 3.79. The first-order valence-electron chi connectivity index (χ1n) is 11.1. The molecule has 2 rings (SSSR count). The zero-order valence-electron chi connectivity index (χ0n) is 20.1. The van der Waals surface area contributed by atoms with E-state index in [-0.39, 0.29) is 34.2 Å². The first kappa shape index (κ1) is 29.2. The van der Waals surface area contributed by atoms with Crippen LogP contribution in [0.3, 0.4) is 0 Å². The SMILES string of the molecule is CCC(C)NC(=O)C(CC)N(Cc1ccccc1Cl)C(=O)CN(c1cc(Cl)cc(Cl)c1)S(C)(=O)=O. The molecule has 11 heteroatoms. The van der Waals surface area contributed by atoms with Crippen LogP contribution in [0.4, 0.5) is 5.69 Å². The number of carbonyl (C=O) groups is 2. The van der Waals surface area contributed by atoms with Crippen molar-refractivity contribution in [2.24, 2.45) is 0 Å². The Labute approximate surface area is 222 Å². The van der Waals surface area contributed by atoms with Gasteiger partial charge >= 0.3 is 0 Å². The van der Waals surface area contributed by atoms with Gasteiger partial charge in [-0.1, -0.05) is 66.8 Å². The number of hydrogen-bond acceptors (Lipinski definition) is 4. The quantitative estimate of drug-likeness (QED) is 0.411. The fraction of sp³-hybridized carbons (Fsp3) is 0.417. The standard InChI is InChI=1S/C24H30Cl3N3O4S/c1-5-16(3)28-24(32)22(6-2)29(14-17-9-7-8-10-21(17)27)23(31)15-30(35(4,33)34)20-12-18(25)11-19(26)13-20/h7-13,16,22H,5-6,14-15H2,1-4H3,(H,28,32). The van der Waals surface area contributed by atoms with Gasteiger partial charge in [0.05, 0.1) is 11.9 Å². The molecule has 0 bridgehead atoms. The van der Waals surface area contributed by atoms with Crippen molar-refractivity contribution >= 4 is 62.3 Å². The van der Waals surface area contributed by atoms with Gasteiger partial charge in [0.15, 0.2) is 0 Å². The molecule has 35 heavy (non-hydrogen) atoms. The summed E-state index contributed by atoms with van der Waals surface area (Å²) in [5.41, 5.74) is 0.780. The Balaban J connectivity index is 2.49. The fourth-order valence-corrected chi connectivity index (χ4v) is 5.01. The monoisotopic (exact) mass is 561 g/mol. The Kier molecular flexibility index (Phi) is 10.7. The molecular weight excluding hydrogens is 533 g/mol. The highest BCUT2D eigenvalue weighted by Crippen LogP contribution is 2.28. The Morgan fingerprint density at radius 1 is 1.00 bits per heavy atom. The smallest absolute Gasteiger partial charge is 0.244 e. The molecule has 0 aliphatic heterocycles. The van der Waals surface area contributed by atoms with Crippen molar-refractivity contribution in [2.75, 3.05) is 17.1 Å². The predicted octanol–water partition coefficient (Wildman–Crippen LogP) is 5.13. The van der Waals surface area contributed by atoms with Crippen LogP contribution in [0, 0.1) is 0 Å². The van der Waals surface area contributed by atoms with Crippen LogP contribution < -0.4 is 9.62 Å². The predicted molar refractivity (Wildman–Crippen MR) is 143 cm³/mol. The maximum absolute atomic E-state index is 13.7. The van der Waals surface area contributed by atoms with E-state index in [4.69, 9.17) is 34.8 Å². The number of halogens is 3. The molecule has 2 atom stereocenters. The summed E-state index contributed by atoms with van der Waals surface area (Å²) in [7, 11) is -3.89. The van der Waals surface area contributed by atoms with Gasteiger partial charge in [-0.25, -0.2) is 8.42 Å². The van der Waals surface area contributed by atoms with Gasteiger partial charge in [-0.2, -0.15) is 0 Å². The Morgan fingerprint density at radius 3 is 2.11 bits per heavy atom. The lowest BCUT2D eigenvalue weighted by atomic mass is 10.1. The molecule has 0 aromatic heterocycles. The molecule has 0 saturated heterocycles. The molecule has 1 N–H and O–H groups in total. The molecule has 0 aliphatic carbocycles. The van der Waals surface area contributed by atoms with Crippen molar-refractivity contribution < 1.29 is 18.0 Å². The van der Waals surface area contributed by atoms with Crippen LogP contribution >= 0.6 is 34.8 Å². The van der Waals surface area contributed by atoms with Gasteiger partial charge in [-0.15, -0.1) is 0 Å². The molecule has 0 spiro atoms. The van der Waals surface area contributed by atoms with Gasteiger partial charge in [0, 0.05) is 27.7 Å². The van der Waals surface area contributed by atoms with Gasteiger partial charge < -0.3 is 10.2 Å². The van der Waals surface area contributed by atoms with Gasteiger partial charge in [-0.3, -0.25) is 13.9 Å². The zero-order chi connectivity index (χ0) is 26.3. The third kappa shape index (κ3) is 8.27. The first-order chi connectivity index (χ1) is 16.4. The first-order valence-corrected chi connectivity index (χ1v) is 14.1. The maximum atomic E-state index is 13.7. The molecule has 0 heterocycles. The van der Waals surface area contributed by atoms with Gasteiger partial charge in [0.25, 0.3) is 0 Å². The van der Waals surface area contributed by atoms with E-state index in [0.29, 0.717) is 17.0 Å². The second-order valence-corrected chi connectivity index (χ2v) is 11.4. The highest BCUT2D eigenvalue weighted by molar-refractivity contribution is 7.92.